The monoisotopic (exact) mass is 222 g/mol. The maximum atomic E-state index is 8.84. The van der Waals surface area contributed by atoms with Gasteiger partial charge in [0.2, 0.25) is 0 Å². The lowest BCUT2D eigenvalue weighted by atomic mass is 9.71. The fourth-order valence-corrected chi connectivity index (χ4v) is 2.81. The summed E-state index contributed by atoms with van der Waals surface area (Å²) in [5.41, 5.74) is 4.96. The zero-order valence-corrected chi connectivity index (χ0v) is 11.3. The van der Waals surface area contributed by atoms with E-state index in [-0.39, 0.29) is 6.61 Å². The van der Waals surface area contributed by atoms with Gasteiger partial charge in [-0.1, -0.05) is 36.6 Å². The predicted molar refractivity (Wildman–Crippen MR) is 70.4 cm³/mol. The van der Waals surface area contributed by atoms with E-state index < -0.39 is 0 Å². The van der Waals surface area contributed by atoms with Gasteiger partial charge < -0.3 is 5.11 Å². The van der Waals surface area contributed by atoms with Gasteiger partial charge in [0, 0.05) is 0 Å². The third-order valence-corrected chi connectivity index (χ3v) is 3.89. The first-order valence-corrected chi connectivity index (χ1v) is 6.43. The van der Waals surface area contributed by atoms with Crippen LogP contribution in [-0.4, -0.2) is 11.7 Å². The highest BCUT2D eigenvalue weighted by molar-refractivity contribution is 5.23. The molecule has 0 aliphatic heterocycles. The molecule has 1 heteroatoms. The Morgan fingerprint density at radius 1 is 1.44 bits per heavy atom. The van der Waals surface area contributed by atoms with E-state index in [1.807, 2.05) is 6.08 Å². The smallest absolute Gasteiger partial charge is 0.0614 e. The van der Waals surface area contributed by atoms with Crippen LogP contribution in [0.5, 0.6) is 0 Å². The first kappa shape index (κ1) is 13.5. The molecule has 92 valence electrons. The topological polar surface area (TPSA) is 20.2 Å². The fourth-order valence-electron chi connectivity index (χ4n) is 2.81. The molecule has 0 saturated heterocycles. The zero-order valence-electron chi connectivity index (χ0n) is 11.3. The minimum Gasteiger partial charge on any atom is -0.392 e. The summed E-state index contributed by atoms with van der Waals surface area (Å²) in [5.74, 6) is 0. The van der Waals surface area contributed by atoms with Crippen LogP contribution in [0, 0.1) is 5.41 Å². The van der Waals surface area contributed by atoms with E-state index in [0.717, 1.165) is 6.42 Å². The molecule has 0 aromatic rings. The lowest BCUT2D eigenvalue weighted by Crippen LogP contribution is -2.20. The number of rotatable bonds is 4. The van der Waals surface area contributed by atoms with E-state index in [1.165, 1.54) is 31.3 Å². The average Bonchev–Trinajstić information content (AvgIpc) is 2.16. The number of hydrogen-bond donors (Lipinski definition) is 1. The molecule has 1 N–H and O–H groups in total. The van der Waals surface area contributed by atoms with E-state index in [2.05, 4.69) is 27.7 Å². The van der Waals surface area contributed by atoms with E-state index >= 15 is 0 Å². The van der Waals surface area contributed by atoms with Crippen LogP contribution in [0.1, 0.15) is 59.8 Å². The van der Waals surface area contributed by atoms with E-state index in [0.29, 0.717) is 5.41 Å². The van der Waals surface area contributed by atoms with E-state index in [9.17, 15) is 0 Å². The largest absolute Gasteiger partial charge is 0.392 e. The highest BCUT2D eigenvalue weighted by atomic mass is 16.2. The summed E-state index contributed by atoms with van der Waals surface area (Å²) in [6.07, 6.45) is 8.13. The molecule has 1 aliphatic rings. The van der Waals surface area contributed by atoms with Crippen LogP contribution >= 0.6 is 0 Å². The number of aliphatic hydroxyl groups excluding tert-OH is 1. The van der Waals surface area contributed by atoms with Gasteiger partial charge in [0.25, 0.3) is 0 Å². The standard InChI is InChI=1S/C15H26O/c1-12(9-11-16)7-8-14-13(2)6-5-10-15(14,3)4/h9,16H,5-8,10-11H2,1-4H3. The second-order valence-electron chi connectivity index (χ2n) is 5.73. The molecule has 16 heavy (non-hydrogen) atoms. The van der Waals surface area contributed by atoms with Crippen molar-refractivity contribution in [2.24, 2.45) is 5.41 Å². The number of allylic oxidation sites excluding steroid dienone is 3. The zero-order chi connectivity index (χ0) is 12.2. The highest BCUT2D eigenvalue weighted by Gasteiger charge is 2.27. The van der Waals surface area contributed by atoms with Crippen molar-refractivity contribution in [3.8, 4) is 0 Å². The van der Waals surface area contributed by atoms with Crippen LogP contribution in [0.25, 0.3) is 0 Å². The molecule has 0 spiro atoms. The van der Waals surface area contributed by atoms with Gasteiger partial charge in [-0.15, -0.1) is 0 Å². The van der Waals surface area contributed by atoms with Gasteiger partial charge in [0.1, 0.15) is 0 Å². The highest BCUT2D eigenvalue weighted by Crippen LogP contribution is 2.42. The maximum Gasteiger partial charge on any atom is 0.0614 e. The summed E-state index contributed by atoms with van der Waals surface area (Å²) in [5, 5.41) is 8.84. The Hall–Kier alpha value is -0.560. The molecule has 0 atom stereocenters. The Labute approximate surface area is 100 Å². The van der Waals surface area contributed by atoms with Crippen molar-refractivity contribution in [3.05, 3.63) is 22.8 Å². The second kappa shape index (κ2) is 5.67. The molecule has 0 saturated carbocycles. The molecule has 0 amide bonds. The second-order valence-corrected chi connectivity index (χ2v) is 5.73. The summed E-state index contributed by atoms with van der Waals surface area (Å²) < 4.78 is 0. The molecule has 1 aliphatic carbocycles. The molecule has 0 unspecified atom stereocenters. The normalized spacial score (nSPS) is 21.4. The van der Waals surface area contributed by atoms with Gasteiger partial charge in [0.15, 0.2) is 0 Å². The molecule has 1 rings (SSSR count). The predicted octanol–water partition coefficient (Wildman–Crippen LogP) is 4.23. The van der Waals surface area contributed by atoms with Crippen LogP contribution in [0.15, 0.2) is 22.8 Å². The van der Waals surface area contributed by atoms with Crippen LogP contribution in [0.3, 0.4) is 0 Å². The van der Waals surface area contributed by atoms with Crippen molar-refractivity contribution in [2.75, 3.05) is 6.61 Å². The summed E-state index contributed by atoms with van der Waals surface area (Å²) in [6, 6.07) is 0. The van der Waals surface area contributed by atoms with E-state index in [4.69, 9.17) is 5.11 Å². The molecular formula is C15H26O. The van der Waals surface area contributed by atoms with Gasteiger partial charge in [-0.2, -0.15) is 0 Å². The molecule has 0 aromatic heterocycles. The van der Waals surface area contributed by atoms with Gasteiger partial charge >= 0.3 is 0 Å². The van der Waals surface area contributed by atoms with E-state index in [1.54, 1.807) is 11.1 Å². The number of aliphatic hydroxyl groups is 1. The van der Waals surface area contributed by atoms with Crippen molar-refractivity contribution in [1.82, 2.24) is 0 Å². The lowest BCUT2D eigenvalue weighted by Gasteiger charge is -2.34. The summed E-state index contributed by atoms with van der Waals surface area (Å²) in [7, 11) is 0. The van der Waals surface area contributed by atoms with Gasteiger partial charge in [-0.3, -0.25) is 0 Å². The molecule has 0 radical (unpaired) electrons. The molecule has 0 bridgehead atoms. The third-order valence-electron chi connectivity index (χ3n) is 3.89. The molecule has 0 fully saturated rings. The van der Waals surface area contributed by atoms with Crippen LogP contribution in [0.4, 0.5) is 0 Å². The first-order chi connectivity index (χ1) is 7.47. The van der Waals surface area contributed by atoms with Crippen molar-refractivity contribution in [3.63, 3.8) is 0 Å². The third kappa shape index (κ3) is 3.48. The molecular weight excluding hydrogens is 196 g/mol. The summed E-state index contributed by atoms with van der Waals surface area (Å²) in [6.45, 7) is 9.32. The Morgan fingerprint density at radius 2 is 2.12 bits per heavy atom. The van der Waals surface area contributed by atoms with Crippen LogP contribution < -0.4 is 0 Å². The van der Waals surface area contributed by atoms with Gasteiger partial charge in [-0.25, -0.2) is 0 Å². The minimum absolute atomic E-state index is 0.174. The quantitative estimate of drug-likeness (QED) is 0.706. The molecule has 1 nitrogen and oxygen atoms in total. The van der Waals surface area contributed by atoms with Crippen molar-refractivity contribution >= 4 is 0 Å². The van der Waals surface area contributed by atoms with Gasteiger partial charge in [-0.05, 0) is 51.4 Å². The Bertz CT molecular complexity index is 295. The summed E-state index contributed by atoms with van der Waals surface area (Å²) in [4.78, 5) is 0. The Balaban J connectivity index is 2.67. The fraction of sp³-hybridized carbons (Fsp3) is 0.733. The van der Waals surface area contributed by atoms with Gasteiger partial charge in [0.05, 0.1) is 6.61 Å². The molecule has 0 aromatic carbocycles. The first-order valence-electron chi connectivity index (χ1n) is 6.43. The maximum absolute atomic E-state index is 8.84. The van der Waals surface area contributed by atoms with Crippen molar-refractivity contribution in [2.45, 2.75) is 59.8 Å². The van der Waals surface area contributed by atoms with Crippen LogP contribution in [-0.2, 0) is 0 Å². The molecule has 0 heterocycles. The minimum atomic E-state index is 0.174. The Kier molecular flexibility index (Phi) is 4.79. The lowest BCUT2D eigenvalue weighted by molar-refractivity contribution is 0.340. The van der Waals surface area contributed by atoms with Crippen molar-refractivity contribution in [1.29, 1.82) is 0 Å². The SMILES string of the molecule is CC(=CCO)CCC1=C(C)CCCC1(C)C. The summed E-state index contributed by atoms with van der Waals surface area (Å²) >= 11 is 0. The Morgan fingerprint density at radius 3 is 2.69 bits per heavy atom. The number of hydrogen-bond acceptors (Lipinski definition) is 1. The average molecular weight is 222 g/mol. The van der Waals surface area contributed by atoms with Crippen molar-refractivity contribution < 1.29 is 5.11 Å². The van der Waals surface area contributed by atoms with Crippen LogP contribution in [0.2, 0.25) is 0 Å².